The van der Waals surface area contributed by atoms with Gasteiger partial charge >= 0.3 is 11.9 Å². The first kappa shape index (κ1) is 21.2. The Labute approximate surface area is 153 Å². The molecule has 0 aliphatic heterocycles. The van der Waals surface area contributed by atoms with E-state index in [4.69, 9.17) is 4.74 Å². The monoisotopic (exact) mass is 363 g/mol. The average Bonchev–Trinajstić information content (AvgIpc) is 2.54. The van der Waals surface area contributed by atoms with Crippen LogP contribution in [-0.4, -0.2) is 35.7 Å². The van der Waals surface area contributed by atoms with E-state index >= 15 is 0 Å². The minimum Gasteiger partial charge on any atom is -0.505 e. The summed E-state index contributed by atoms with van der Waals surface area (Å²) in [6.45, 7) is 8.85. The number of hydrogen-bond donors (Lipinski definition) is 2. The molecule has 1 aromatic carbocycles. The molecular formula is C19H25NO6. The van der Waals surface area contributed by atoms with Crippen LogP contribution in [0.15, 0.2) is 24.8 Å². The van der Waals surface area contributed by atoms with Crippen molar-refractivity contribution in [2.24, 2.45) is 0 Å². The van der Waals surface area contributed by atoms with Crippen LogP contribution < -0.4 is 5.32 Å². The van der Waals surface area contributed by atoms with E-state index in [2.05, 4.69) is 16.6 Å². The largest absolute Gasteiger partial charge is 0.505 e. The highest BCUT2D eigenvalue weighted by molar-refractivity contribution is 6.17. The van der Waals surface area contributed by atoms with Gasteiger partial charge < -0.3 is 19.9 Å². The Morgan fingerprint density at radius 3 is 2.42 bits per heavy atom. The van der Waals surface area contributed by atoms with Gasteiger partial charge in [0.05, 0.1) is 18.4 Å². The normalized spacial score (nSPS) is 10.8. The zero-order valence-corrected chi connectivity index (χ0v) is 15.5. The third kappa shape index (κ3) is 6.58. The fourth-order valence-electron chi connectivity index (χ4n) is 2.05. The number of rotatable bonds is 7. The van der Waals surface area contributed by atoms with E-state index < -0.39 is 17.5 Å². The number of nitrogens with one attached hydrogen (secondary N) is 1. The van der Waals surface area contributed by atoms with Crippen LogP contribution in [0.25, 0.3) is 5.57 Å². The molecule has 0 saturated carbocycles. The van der Waals surface area contributed by atoms with Gasteiger partial charge in [0, 0.05) is 18.4 Å². The molecule has 0 saturated heterocycles. The van der Waals surface area contributed by atoms with Crippen LogP contribution >= 0.6 is 0 Å². The van der Waals surface area contributed by atoms with Crippen LogP contribution in [0.4, 0.5) is 5.69 Å². The van der Waals surface area contributed by atoms with Crippen LogP contribution in [0.1, 0.15) is 45.6 Å². The van der Waals surface area contributed by atoms with Crippen molar-refractivity contribution >= 4 is 29.1 Å². The summed E-state index contributed by atoms with van der Waals surface area (Å²) < 4.78 is 9.74. The molecule has 1 aromatic rings. The highest BCUT2D eigenvalue weighted by Crippen LogP contribution is 2.33. The first-order chi connectivity index (χ1) is 12.0. The standard InChI is InChI=1S/C19H25NO6/c1-12(18(24)26-19(2,3)4)13-8-6-9-14(17(13)23)20-15(21)10-7-11-16(22)25-5/h6,8-9,23H,1,7,10-11H2,2-5H3,(H,20,21). The molecule has 0 aliphatic carbocycles. The Balaban J connectivity index is 2.80. The molecule has 1 rings (SSSR count). The van der Waals surface area contributed by atoms with E-state index in [0.29, 0.717) is 6.42 Å². The molecule has 0 spiro atoms. The Morgan fingerprint density at radius 1 is 1.19 bits per heavy atom. The number of ether oxygens (including phenoxy) is 2. The van der Waals surface area contributed by atoms with E-state index in [9.17, 15) is 19.5 Å². The molecule has 142 valence electrons. The minimum atomic E-state index is -0.693. The van der Waals surface area contributed by atoms with Gasteiger partial charge in [-0.05, 0) is 33.3 Å². The lowest BCUT2D eigenvalue weighted by Crippen LogP contribution is -2.24. The van der Waals surface area contributed by atoms with Crippen molar-refractivity contribution < 1.29 is 29.0 Å². The number of esters is 2. The summed E-state index contributed by atoms with van der Waals surface area (Å²) in [5.41, 5.74) is -0.387. The fourth-order valence-corrected chi connectivity index (χ4v) is 2.05. The molecule has 7 nitrogen and oxygen atoms in total. The van der Waals surface area contributed by atoms with Crippen LogP contribution in [0, 0.1) is 0 Å². The van der Waals surface area contributed by atoms with E-state index in [1.165, 1.54) is 19.2 Å². The number of benzene rings is 1. The first-order valence-electron chi connectivity index (χ1n) is 8.16. The van der Waals surface area contributed by atoms with Gasteiger partial charge in [-0.15, -0.1) is 0 Å². The smallest absolute Gasteiger partial charge is 0.338 e. The number of phenols is 1. The first-order valence-corrected chi connectivity index (χ1v) is 8.16. The third-order valence-corrected chi connectivity index (χ3v) is 3.29. The van der Waals surface area contributed by atoms with Gasteiger partial charge in [-0.3, -0.25) is 9.59 Å². The van der Waals surface area contributed by atoms with E-state index in [1.54, 1.807) is 26.8 Å². The van der Waals surface area contributed by atoms with Crippen molar-refractivity contribution in [3.8, 4) is 5.75 Å². The van der Waals surface area contributed by atoms with E-state index in [0.717, 1.165) is 0 Å². The lowest BCUT2D eigenvalue weighted by Gasteiger charge is -2.20. The second-order valence-corrected chi connectivity index (χ2v) is 6.66. The second-order valence-electron chi connectivity index (χ2n) is 6.66. The number of phenolic OH excluding ortho intramolecular Hbond substituents is 1. The van der Waals surface area contributed by atoms with Crippen molar-refractivity contribution in [3.05, 3.63) is 30.3 Å². The van der Waals surface area contributed by atoms with E-state index in [1.807, 2.05) is 0 Å². The van der Waals surface area contributed by atoms with Crippen LogP contribution in [0.2, 0.25) is 0 Å². The molecular weight excluding hydrogens is 338 g/mol. The Bertz CT molecular complexity index is 702. The van der Waals surface area contributed by atoms with Crippen molar-refractivity contribution in [2.75, 3.05) is 12.4 Å². The maximum Gasteiger partial charge on any atom is 0.338 e. The third-order valence-electron chi connectivity index (χ3n) is 3.29. The Hall–Kier alpha value is -2.83. The molecule has 2 N–H and O–H groups in total. The van der Waals surface area contributed by atoms with Gasteiger partial charge in [0.1, 0.15) is 11.4 Å². The summed E-state index contributed by atoms with van der Waals surface area (Å²) in [7, 11) is 1.28. The maximum atomic E-state index is 12.1. The van der Waals surface area contributed by atoms with Crippen molar-refractivity contribution in [3.63, 3.8) is 0 Å². The predicted molar refractivity (Wildman–Crippen MR) is 97.5 cm³/mol. The molecule has 1 amide bonds. The average molecular weight is 363 g/mol. The predicted octanol–water partition coefficient (Wildman–Crippen LogP) is 3.03. The number of carbonyl (C=O) groups is 3. The minimum absolute atomic E-state index is 0.0146. The highest BCUT2D eigenvalue weighted by atomic mass is 16.6. The zero-order chi connectivity index (χ0) is 19.9. The van der Waals surface area contributed by atoms with Crippen molar-refractivity contribution in [2.45, 2.75) is 45.6 Å². The van der Waals surface area contributed by atoms with Gasteiger partial charge in [-0.2, -0.15) is 0 Å². The Morgan fingerprint density at radius 2 is 1.85 bits per heavy atom. The summed E-state index contributed by atoms with van der Waals surface area (Å²) in [6, 6.07) is 4.59. The number of carbonyl (C=O) groups excluding carboxylic acids is 3. The molecule has 0 bridgehead atoms. The van der Waals surface area contributed by atoms with Crippen LogP contribution in [0.5, 0.6) is 5.75 Å². The van der Waals surface area contributed by atoms with Crippen LogP contribution in [-0.2, 0) is 23.9 Å². The molecule has 0 aromatic heterocycles. The Kier molecular flexibility index (Phi) is 7.37. The van der Waals surface area contributed by atoms with Gasteiger partial charge in [-0.1, -0.05) is 18.7 Å². The number of para-hydroxylation sites is 1. The van der Waals surface area contributed by atoms with Crippen molar-refractivity contribution in [1.29, 1.82) is 0 Å². The van der Waals surface area contributed by atoms with Gasteiger partial charge in [0.15, 0.2) is 0 Å². The molecule has 0 aliphatic rings. The molecule has 0 unspecified atom stereocenters. The molecule has 0 fully saturated rings. The summed E-state index contributed by atoms with van der Waals surface area (Å²) >= 11 is 0. The molecule has 0 atom stereocenters. The second kappa shape index (κ2) is 9.03. The number of aromatic hydroxyl groups is 1. The van der Waals surface area contributed by atoms with Gasteiger partial charge in [-0.25, -0.2) is 4.79 Å². The molecule has 0 radical (unpaired) electrons. The highest BCUT2D eigenvalue weighted by Gasteiger charge is 2.22. The number of methoxy groups -OCH3 is 1. The zero-order valence-electron chi connectivity index (χ0n) is 15.5. The van der Waals surface area contributed by atoms with Gasteiger partial charge in [0.25, 0.3) is 0 Å². The maximum absolute atomic E-state index is 12.1. The summed E-state index contributed by atoms with van der Waals surface area (Å²) in [4.78, 5) is 35.1. The molecule has 26 heavy (non-hydrogen) atoms. The molecule has 7 heteroatoms. The summed E-state index contributed by atoms with van der Waals surface area (Å²) in [6.07, 6.45) is 0.542. The van der Waals surface area contributed by atoms with Crippen LogP contribution in [0.3, 0.4) is 0 Å². The quantitative estimate of drug-likeness (QED) is 0.439. The van der Waals surface area contributed by atoms with Crippen molar-refractivity contribution in [1.82, 2.24) is 0 Å². The number of hydrogen-bond acceptors (Lipinski definition) is 6. The number of anilines is 1. The number of amides is 1. The lowest BCUT2D eigenvalue weighted by molar-refractivity contribution is -0.147. The summed E-state index contributed by atoms with van der Waals surface area (Å²) in [5, 5.41) is 12.9. The molecule has 0 heterocycles. The lowest BCUT2D eigenvalue weighted by atomic mass is 10.0. The van der Waals surface area contributed by atoms with E-state index in [-0.39, 0.29) is 41.3 Å². The fraction of sp³-hybridized carbons (Fsp3) is 0.421. The summed E-state index contributed by atoms with van der Waals surface area (Å²) in [5.74, 6) is -1.69. The topological polar surface area (TPSA) is 102 Å². The SMILES string of the molecule is C=C(C(=O)OC(C)(C)C)c1cccc(NC(=O)CCCC(=O)OC)c1O. The van der Waals surface area contributed by atoms with Gasteiger partial charge in [0.2, 0.25) is 5.91 Å².